The Morgan fingerprint density at radius 2 is 1.84 bits per heavy atom. The Morgan fingerprint density at radius 1 is 1.19 bits per heavy atom. The van der Waals surface area contributed by atoms with Crippen molar-refractivity contribution in [1.82, 2.24) is 10.2 Å². The number of rotatable bonds is 8. The van der Waals surface area contributed by atoms with Crippen molar-refractivity contribution in [2.24, 2.45) is 0 Å². The maximum Gasteiger partial charge on any atom is 0.494 e. The Balaban J connectivity index is 1.65. The average molecular weight is 465 g/mol. The lowest BCUT2D eigenvalue weighted by atomic mass is 9.78. The van der Waals surface area contributed by atoms with Gasteiger partial charge in [0.1, 0.15) is 13.2 Å². The molecule has 0 unspecified atom stereocenters. The number of amides is 1. The molecule has 0 spiro atoms. The van der Waals surface area contributed by atoms with Crippen LogP contribution in [0.1, 0.15) is 43.7 Å². The van der Waals surface area contributed by atoms with Crippen molar-refractivity contribution in [3.8, 4) is 5.75 Å². The number of nitrogens with one attached hydrogen (secondary N) is 2. The third-order valence-corrected chi connectivity index (χ3v) is 6.09. The number of nitrogens with zero attached hydrogens (tertiary/aromatic N) is 1. The lowest BCUT2D eigenvalue weighted by Crippen LogP contribution is -2.41. The van der Waals surface area contributed by atoms with Crippen LogP contribution in [-0.2, 0) is 23.6 Å². The standard InChI is InChI=1S/C20H28BN3O7S/c1-13-11-14(21-30-19(2,3)20(4,5)31-21)7-8-15(13)23-18(25)17-16(12-22-24-17)28-9-10-29-32(6,26)27/h7-8,11-12H,9-10H2,1-6H3,(H,22,24)(H,23,25). The summed E-state index contributed by atoms with van der Waals surface area (Å²) in [5.74, 6) is -0.265. The van der Waals surface area contributed by atoms with Crippen LogP contribution in [0.3, 0.4) is 0 Å². The number of ether oxygens (including phenoxy) is 1. The van der Waals surface area contributed by atoms with Gasteiger partial charge in [0.05, 0.1) is 23.7 Å². The van der Waals surface area contributed by atoms with Crippen molar-refractivity contribution < 1.29 is 31.4 Å². The summed E-state index contributed by atoms with van der Waals surface area (Å²) in [7, 11) is -4.06. The Morgan fingerprint density at radius 3 is 2.44 bits per heavy atom. The summed E-state index contributed by atoms with van der Waals surface area (Å²) in [6, 6.07) is 5.53. The largest absolute Gasteiger partial charge is 0.494 e. The fourth-order valence-corrected chi connectivity index (χ4v) is 3.39. The molecule has 174 valence electrons. The highest BCUT2D eigenvalue weighted by Crippen LogP contribution is 2.36. The van der Waals surface area contributed by atoms with Crippen LogP contribution in [0.2, 0.25) is 0 Å². The van der Waals surface area contributed by atoms with Gasteiger partial charge in [0.2, 0.25) is 0 Å². The predicted molar refractivity (Wildman–Crippen MR) is 120 cm³/mol. The second-order valence-corrected chi connectivity index (χ2v) is 10.2. The Hall–Kier alpha value is -2.41. The summed E-state index contributed by atoms with van der Waals surface area (Å²) in [6.07, 6.45) is 2.29. The Labute approximate surface area is 188 Å². The maximum absolute atomic E-state index is 12.7. The van der Waals surface area contributed by atoms with Crippen molar-refractivity contribution in [3.05, 3.63) is 35.7 Å². The van der Waals surface area contributed by atoms with Gasteiger partial charge in [-0.3, -0.25) is 14.1 Å². The van der Waals surface area contributed by atoms with Crippen LogP contribution in [0.15, 0.2) is 24.4 Å². The van der Waals surface area contributed by atoms with E-state index in [1.165, 1.54) is 6.20 Å². The number of benzene rings is 1. The van der Waals surface area contributed by atoms with Crippen LogP contribution in [0.25, 0.3) is 0 Å². The van der Waals surface area contributed by atoms with Gasteiger partial charge in [-0.25, -0.2) is 0 Å². The van der Waals surface area contributed by atoms with E-state index in [4.69, 9.17) is 14.0 Å². The summed E-state index contributed by atoms with van der Waals surface area (Å²) in [5.41, 5.74) is 1.52. The minimum Gasteiger partial charge on any atom is -0.487 e. The SMILES string of the molecule is Cc1cc(B2OC(C)(C)C(C)(C)O2)ccc1NC(=O)c1[nH]ncc1OCCOS(C)(=O)=O. The molecular weight excluding hydrogens is 437 g/mol. The summed E-state index contributed by atoms with van der Waals surface area (Å²) >= 11 is 0. The molecule has 2 heterocycles. The van der Waals surface area contributed by atoms with E-state index < -0.39 is 34.3 Å². The predicted octanol–water partition coefficient (Wildman–Crippen LogP) is 1.62. The molecule has 1 saturated heterocycles. The number of hydrogen-bond acceptors (Lipinski definition) is 8. The van der Waals surface area contributed by atoms with Gasteiger partial charge < -0.3 is 19.4 Å². The molecule has 2 N–H and O–H groups in total. The van der Waals surface area contributed by atoms with Gasteiger partial charge in [-0.1, -0.05) is 12.1 Å². The highest BCUT2D eigenvalue weighted by molar-refractivity contribution is 7.85. The first kappa shape index (κ1) is 24.2. The first-order valence-corrected chi connectivity index (χ1v) is 11.9. The summed E-state index contributed by atoms with van der Waals surface area (Å²) in [6.45, 7) is 9.60. The molecule has 2 aromatic rings. The van der Waals surface area contributed by atoms with E-state index in [2.05, 4.69) is 19.7 Å². The number of anilines is 1. The molecule has 1 aromatic heterocycles. The van der Waals surface area contributed by atoms with Gasteiger partial charge >= 0.3 is 7.12 Å². The third kappa shape index (κ3) is 5.50. The average Bonchev–Trinajstić information content (AvgIpc) is 3.21. The number of aromatic nitrogens is 2. The van der Waals surface area contributed by atoms with Gasteiger partial charge in [0, 0.05) is 5.69 Å². The molecule has 1 fully saturated rings. The number of carbonyl (C=O) groups is 1. The monoisotopic (exact) mass is 465 g/mol. The topological polar surface area (TPSA) is 129 Å². The first-order chi connectivity index (χ1) is 14.8. The molecular formula is C20H28BN3O7S. The fraction of sp³-hybridized carbons (Fsp3) is 0.500. The molecule has 0 radical (unpaired) electrons. The molecule has 1 aliphatic heterocycles. The van der Waals surface area contributed by atoms with E-state index in [1.807, 2.05) is 46.8 Å². The van der Waals surface area contributed by atoms with Crippen LogP contribution < -0.4 is 15.5 Å². The van der Waals surface area contributed by atoms with Gasteiger partial charge in [-0.15, -0.1) is 0 Å². The number of aryl methyl sites for hydroxylation is 1. The van der Waals surface area contributed by atoms with E-state index in [-0.39, 0.29) is 24.7 Å². The zero-order valence-corrected chi connectivity index (χ0v) is 19.8. The van der Waals surface area contributed by atoms with Crippen LogP contribution in [0, 0.1) is 6.92 Å². The zero-order chi connectivity index (χ0) is 23.7. The maximum atomic E-state index is 12.7. The molecule has 10 nitrogen and oxygen atoms in total. The van der Waals surface area contributed by atoms with Gasteiger partial charge in [-0.2, -0.15) is 13.5 Å². The summed E-state index contributed by atoms with van der Waals surface area (Å²) in [5, 5.41) is 9.23. The number of carbonyl (C=O) groups excluding carboxylic acids is 1. The van der Waals surface area contributed by atoms with Crippen molar-refractivity contribution in [1.29, 1.82) is 0 Å². The zero-order valence-electron chi connectivity index (χ0n) is 19.0. The molecule has 1 amide bonds. The molecule has 1 aliphatic rings. The highest BCUT2D eigenvalue weighted by atomic mass is 32.2. The van der Waals surface area contributed by atoms with Gasteiger partial charge in [-0.05, 0) is 51.7 Å². The third-order valence-electron chi connectivity index (χ3n) is 5.49. The van der Waals surface area contributed by atoms with E-state index in [1.54, 1.807) is 6.07 Å². The lowest BCUT2D eigenvalue weighted by molar-refractivity contribution is 0.00578. The van der Waals surface area contributed by atoms with Crippen LogP contribution >= 0.6 is 0 Å². The number of H-pyrrole nitrogens is 1. The van der Waals surface area contributed by atoms with Crippen LogP contribution in [0.4, 0.5) is 5.69 Å². The summed E-state index contributed by atoms with van der Waals surface area (Å²) < 4.78 is 44.2. The molecule has 3 rings (SSSR count). The smallest absolute Gasteiger partial charge is 0.487 e. The Bertz CT molecular complexity index is 1080. The molecule has 1 aromatic carbocycles. The molecule has 0 bridgehead atoms. The number of hydrogen-bond donors (Lipinski definition) is 2. The Kier molecular flexibility index (Phi) is 6.71. The van der Waals surface area contributed by atoms with Gasteiger partial charge in [0.25, 0.3) is 16.0 Å². The second kappa shape index (κ2) is 8.85. The molecule has 12 heteroatoms. The minimum atomic E-state index is -3.56. The van der Waals surface area contributed by atoms with Crippen molar-refractivity contribution >= 4 is 34.3 Å². The van der Waals surface area contributed by atoms with Crippen LogP contribution in [0.5, 0.6) is 5.75 Å². The molecule has 0 saturated carbocycles. The van der Waals surface area contributed by atoms with E-state index in [0.717, 1.165) is 17.3 Å². The highest BCUT2D eigenvalue weighted by Gasteiger charge is 2.51. The van der Waals surface area contributed by atoms with Crippen molar-refractivity contribution in [3.63, 3.8) is 0 Å². The van der Waals surface area contributed by atoms with Crippen LogP contribution in [-0.4, -0.2) is 62.3 Å². The molecule has 0 atom stereocenters. The van der Waals surface area contributed by atoms with Crippen molar-refractivity contribution in [2.75, 3.05) is 24.8 Å². The quantitative estimate of drug-likeness (QED) is 0.342. The number of aromatic amines is 1. The second-order valence-electron chi connectivity index (χ2n) is 8.60. The van der Waals surface area contributed by atoms with Crippen molar-refractivity contribution in [2.45, 2.75) is 45.8 Å². The normalized spacial score (nSPS) is 17.4. The van der Waals surface area contributed by atoms with E-state index in [9.17, 15) is 13.2 Å². The fourth-order valence-electron chi connectivity index (χ4n) is 3.02. The lowest BCUT2D eigenvalue weighted by Gasteiger charge is -2.32. The van der Waals surface area contributed by atoms with E-state index >= 15 is 0 Å². The first-order valence-electron chi connectivity index (χ1n) is 10.1. The van der Waals surface area contributed by atoms with Gasteiger partial charge in [0.15, 0.2) is 11.4 Å². The molecule has 32 heavy (non-hydrogen) atoms. The van der Waals surface area contributed by atoms with E-state index in [0.29, 0.717) is 5.69 Å². The minimum absolute atomic E-state index is 0.0608. The summed E-state index contributed by atoms with van der Waals surface area (Å²) in [4.78, 5) is 12.7. The molecule has 0 aliphatic carbocycles.